The molecular weight excluding hydrogens is 276 g/mol. The van der Waals surface area contributed by atoms with Gasteiger partial charge in [-0.25, -0.2) is 4.79 Å². The molecule has 0 aliphatic carbocycles. The van der Waals surface area contributed by atoms with Gasteiger partial charge in [0.2, 0.25) is 0 Å². The Bertz CT molecular complexity index is 626. The van der Waals surface area contributed by atoms with E-state index in [2.05, 4.69) is 18.3 Å². The molecule has 0 aliphatic rings. The third-order valence-electron chi connectivity index (χ3n) is 3.41. The Morgan fingerprint density at radius 1 is 1.14 bits per heavy atom. The summed E-state index contributed by atoms with van der Waals surface area (Å²) >= 11 is 0. The topological polar surface area (TPSA) is 41.6 Å². The van der Waals surface area contributed by atoms with Crippen LogP contribution < -0.4 is 15.0 Å². The molecule has 2 amide bonds. The van der Waals surface area contributed by atoms with Crippen molar-refractivity contribution in [2.24, 2.45) is 0 Å². The van der Waals surface area contributed by atoms with Gasteiger partial charge in [0.25, 0.3) is 0 Å². The monoisotopic (exact) mass is 298 g/mol. The molecule has 4 nitrogen and oxygen atoms in total. The van der Waals surface area contributed by atoms with E-state index in [4.69, 9.17) is 4.74 Å². The zero-order valence-electron chi connectivity index (χ0n) is 13.3. The predicted molar refractivity (Wildman–Crippen MR) is 89.7 cm³/mol. The smallest absolute Gasteiger partial charge is 0.321 e. The summed E-state index contributed by atoms with van der Waals surface area (Å²) in [5, 5.41) is 2.84. The summed E-state index contributed by atoms with van der Waals surface area (Å²) < 4.78 is 5.69. The molecule has 2 aromatic rings. The molecule has 0 spiro atoms. The Labute approximate surface area is 131 Å². The number of hydrogen-bond donors (Lipinski definition) is 1. The zero-order valence-corrected chi connectivity index (χ0v) is 13.3. The fraction of sp³-hybridized carbons (Fsp3) is 0.278. The lowest BCUT2D eigenvalue weighted by atomic mass is 10.1. The van der Waals surface area contributed by atoms with Crippen molar-refractivity contribution in [1.29, 1.82) is 0 Å². The molecule has 0 unspecified atom stereocenters. The van der Waals surface area contributed by atoms with E-state index in [0.29, 0.717) is 13.2 Å². The van der Waals surface area contributed by atoms with Crippen LogP contribution in [0.5, 0.6) is 5.75 Å². The third kappa shape index (κ3) is 4.25. The Morgan fingerprint density at radius 2 is 1.86 bits per heavy atom. The first-order valence-corrected chi connectivity index (χ1v) is 7.34. The third-order valence-corrected chi connectivity index (χ3v) is 3.41. The van der Waals surface area contributed by atoms with E-state index in [0.717, 1.165) is 17.0 Å². The van der Waals surface area contributed by atoms with Gasteiger partial charge in [0, 0.05) is 12.7 Å². The number of para-hydroxylation sites is 1. The van der Waals surface area contributed by atoms with Gasteiger partial charge < -0.3 is 10.1 Å². The first kappa shape index (κ1) is 15.9. The van der Waals surface area contributed by atoms with Gasteiger partial charge in [0.15, 0.2) is 0 Å². The number of ether oxygens (including phenoxy) is 1. The first-order valence-electron chi connectivity index (χ1n) is 7.34. The van der Waals surface area contributed by atoms with Crippen molar-refractivity contribution in [2.75, 3.05) is 25.1 Å². The summed E-state index contributed by atoms with van der Waals surface area (Å²) in [6.45, 7) is 4.97. The van der Waals surface area contributed by atoms with E-state index in [-0.39, 0.29) is 6.03 Å². The van der Waals surface area contributed by atoms with Gasteiger partial charge in [0.1, 0.15) is 12.4 Å². The number of rotatable bonds is 5. The fourth-order valence-corrected chi connectivity index (χ4v) is 2.17. The molecule has 0 aliphatic heterocycles. The van der Waals surface area contributed by atoms with Crippen LogP contribution in [0.3, 0.4) is 0 Å². The van der Waals surface area contributed by atoms with Crippen LogP contribution in [0, 0.1) is 13.8 Å². The maximum absolute atomic E-state index is 12.0. The highest BCUT2D eigenvalue weighted by molar-refractivity contribution is 5.91. The second-order valence-electron chi connectivity index (χ2n) is 5.24. The minimum atomic E-state index is -0.143. The molecule has 0 saturated carbocycles. The van der Waals surface area contributed by atoms with Crippen LogP contribution in [0.15, 0.2) is 48.5 Å². The summed E-state index contributed by atoms with van der Waals surface area (Å²) in [5.41, 5.74) is 3.17. The number of benzene rings is 2. The van der Waals surface area contributed by atoms with Crippen molar-refractivity contribution in [3.05, 3.63) is 59.7 Å². The Kier molecular flexibility index (Phi) is 5.42. The molecule has 0 radical (unpaired) electrons. The van der Waals surface area contributed by atoms with E-state index in [9.17, 15) is 4.79 Å². The van der Waals surface area contributed by atoms with Crippen LogP contribution >= 0.6 is 0 Å². The summed E-state index contributed by atoms with van der Waals surface area (Å²) in [5.74, 6) is 0.858. The van der Waals surface area contributed by atoms with Gasteiger partial charge in [0.05, 0.1) is 6.54 Å². The summed E-state index contributed by atoms with van der Waals surface area (Å²) in [6.07, 6.45) is 0. The summed E-state index contributed by atoms with van der Waals surface area (Å²) in [6, 6.07) is 15.4. The molecule has 0 saturated heterocycles. The highest BCUT2D eigenvalue weighted by Crippen LogP contribution is 2.18. The second-order valence-corrected chi connectivity index (χ2v) is 5.24. The van der Waals surface area contributed by atoms with Crippen molar-refractivity contribution in [1.82, 2.24) is 5.32 Å². The molecule has 0 atom stereocenters. The predicted octanol–water partition coefficient (Wildman–Crippen LogP) is 3.53. The Morgan fingerprint density at radius 3 is 2.55 bits per heavy atom. The first-order chi connectivity index (χ1) is 10.6. The second kappa shape index (κ2) is 7.50. The van der Waals surface area contributed by atoms with Crippen LogP contribution in [0.2, 0.25) is 0 Å². The quantitative estimate of drug-likeness (QED) is 0.858. The highest BCUT2D eigenvalue weighted by Gasteiger charge is 2.09. The van der Waals surface area contributed by atoms with Crippen molar-refractivity contribution in [3.8, 4) is 5.75 Å². The summed E-state index contributed by atoms with van der Waals surface area (Å²) in [7, 11) is 1.75. The molecule has 116 valence electrons. The van der Waals surface area contributed by atoms with Gasteiger partial charge >= 0.3 is 6.03 Å². The number of anilines is 1. The number of urea groups is 1. The van der Waals surface area contributed by atoms with E-state index in [1.165, 1.54) is 5.56 Å². The Hall–Kier alpha value is -2.49. The average molecular weight is 298 g/mol. The van der Waals surface area contributed by atoms with Gasteiger partial charge in [-0.1, -0.05) is 35.9 Å². The Balaban J connectivity index is 1.77. The standard InChI is InChI=1S/C18H22N2O2/c1-14-9-10-17(15(2)13-14)22-12-11-19-18(21)20(3)16-7-5-4-6-8-16/h4-10,13H,11-12H2,1-3H3,(H,19,21). The van der Waals surface area contributed by atoms with Crippen molar-refractivity contribution >= 4 is 11.7 Å². The zero-order chi connectivity index (χ0) is 15.9. The number of amides is 2. The SMILES string of the molecule is Cc1ccc(OCCNC(=O)N(C)c2ccccc2)c(C)c1. The van der Waals surface area contributed by atoms with Crippen molar-refractivity contribution < 1.29 is 9.53 Å². The summed E-state index contributed by atoms with van der Waals surface area (Å²) in [4.78, 5) is 13.6. The lowest BCUT2D eigenvalue weighted by molar-refractivity contribution is 0.243. The lowest BCUT2D eigenvalue weighted by Gasteiger charge is -2.18. The minimum absolute atomic E-state index is 0.143. The molecular formula is C18H22N2O2. The minimum Gasteiger partial charge on any atom is -0.491 e. The average Bonchev–Trinajstić information content (AvgIpc) is 2.53. The molecule has 0 fully saturated rings. The van der Waals surface area contributed by atoms with Gasteiger partial charge in [-0.05, 0) is 37.6 Å². The van der Waals surface area contributed by atoms with Crippen molar-refractivity contribution in [2.45, 2.75) is 13.8 Å². The molecule has 0 aromatic heterocycles. The van der Waals surface area contributed by atoms with Crippen LogP contribution in [0.25, 0.3) is 0 Å². The number of aryl methyl sites for hydroxylation is 2. The van der Waals surface area contributed by atoms with E-state index < -0.39 is 0 Å². The molecule has 0 bridgehead atoms. The highest BCUT2D eigenvalue weighted by atomic mass is 16.5. The van der Waals surface area contributed by atoms with Crippen LogP contribution in [0.1, 0.15) is 11.1 Å². The van der Waals surface area contributed by atoms with Crippen LogP contribution in [0.4, 0.5) is 10.5 Å². The largest absolute Gasteiger partial charge is 0.491 e. The number of carbonyl (C=O) groups excluding carboxylic acids is 1. The fourth-order valence-electron chi connectivity index (χ4n) is 2.17. The van der Waals surface area contributed by atoms with Crippen LogP contribution in [-0.2, 0) is 0 Å². The van der Waals surface area contributed by atoms with Crippen molar-refractivity contribution in [3.63, 3.8) is 0 Å². The van der Waals surface area contributed by atoms with Gasteiger partial charge in [-0.15, -0.1) is 0 Å². The number of hydrogen-bond acceptors (Lipinski definition) is 2. The number of carbonyl (C=O) groups is 1. The van der Waals surface area contributed by atoms with Gasteiger partial charge in [-0.3, -0.25) is 4.90 Å². The molecule has 2 rings (SSSR count). The van der Waals surface area contributed by atoms with E-state index in [1.54, 1.807) is 11.9 Å². The van der Waals surface area contributed by atoms with E-state index in [1.807, 2.05) is 49.4 Å². The lowest BCUT2D eigenvalue weighted by Crippen LogP contribution is -2.39. The maximum Gasteiger partial charge on any atom is 0.321 e. The normalized spacial score (nSPS) is 10.1. The number of nitrogens with one attached hydrogen (secondary N) is 1. The molecule has 4 heteroatoms. The van der Waals surface area contributed by atoms with Crippen LogP contribution in [-0.4, -0.2) is 26.2 Å². The number of nitrogens with zero attached hydrogens (tertiary/aromatic N) is 1. The van der Waals surface area contributed by atoms with Gasteiger partial charge in [-0.2, -0.15) is 0 Å². The molecule has 1 N–H and O–H groups in total. The molecule has 2 aromatic carbocycles. The van der Waals surface area contributed by atoms with E-state index >= 15 is 0 Å². The maximum atomic E-state index is 12.0. The molecule has 22 heavy (non-hydrogen) atoms. The molecule has 0 heterocycles.